The molecule has 0 aliphatic rings. The molecule has 0 aromatic carbocycles. The normalized spacial score (nSPS) is 14.0. The van der Waals surface area contributed by atoms with Crippen LogP contribution in [0.4, 0.5) is 0 Å². The van der Waals surface area contributed by atoms with E-state index in [0.29, 0.717) is 25.7 Å². The Balaban J connectivity index is 5.10. The van der Waals surface area contributed by atoms with Crippen LogP contribution in [0.1, 0.15) is 388 Å². The van der Waals surface area contributed by atoms with E-state index in [-0.39, 0.29) is 25.7 Å². The highest BCUT2D eigenvalue weighted by Gasteiger charge is 2.30. The molecule has 0 fully saturated rings. The van der Waals surface area contributed by atoms with Crippen molar-refractivity contribution in [2.75, 3.05) is 39.6 Å². The molecular formula is C74H144O17P2. The zero-order chi connectivity index (χ0) is 68.4. The highest BCUT2D eigenvalue weighted by atomic mass is 31.2. The van der Waals surface area contributed by atoms with Crippen LogP contribution in [-0.4, -0.2) is 96.7 Å². The zero-order valence-corrected chi connectivity index (χ0v) is 62.2. The molecule has 5 atom stereocenters. The average Bonchev–Trinajstić information content (AvgIpc) is 3.13. The van der Waals surface area contributed by atoms with Gasteiger partial charge in [0.15, 0.2) is 12.2 Å². The van der Waals surface area contributed by atoms with E-state index < -0.39 is 97.5 Å². The number of ether oxygens (including phenoxy) is 4. The lowest BCUT2D eigenvalue weighted by molar-refractivity contribution is -0.161. The maximum Gasteiger partial charge on any atom is 0.472 e. The fourth-order valence-electron chi connectivity index (χ4n) is 11.4. The summed E-state index contributed by atoms with van der Waals surface area (Å²) in [4.78, 5) is 72.3. The summed E-state index contributed by atoms with van der Waals surface area (Å²) >= 11 is 0. The number of hydrogen-bond donors (Lipinski definition) is 3. The van der Waals surface area contributed by atoms with Crippen molar-refractivity contribution in [1.82, 2.24) is 0 Å². The third-order valence-electron chi connectivity index (χ3n) is 17.3. The van der Waals surface area contributed by atoms with Crippen molar-refractivity contribution in [3.63, 3.8) is 0 Å². The molecule has 2 unspecified atom stereocenters. The van der Waals surface area contributed by atoms with Crippen LogP contribution in [0, 0.1) is 5.92 Å². The largest absolute Gasteiger partial charge is 0.472 e. The molecule has 0 saturated heterocycles. The van der Waals surface area contributed by atoms with Gasteiger partial charge in [-0.3, -0.25) is 37.3 Å². The number of rotatable bonds is 74. The Hall–Kier alpha value is -1.94. The molecule has 0 saturated carbocycles. The maximum absolute atomic E-state index is 13.1. The molecule has 0 radical (unpaired) electrons. The minimum atomic E-state index is -4.95. The predicted molar refractivity (Wildman–Crippen MR) is 377 cm³/mol. The minimum Gasteiger partial charge on any atom is -0.462 e. The van der Waals surface area contributed by atoms with Crippen LogP contribution >= 0.6 is 15.6 Å². The fraction of sp³-hybridized carbons (Fsp3) is 0.946. The minimum absolute atomic E-state index is 0.106. The van der Waals surface area contributed by atoms with Crippen LogP contribution in [0.5, 0.6) is 0 Å². The highest BCUT2D eigenvalue weighted by molar-refractivity contribution is 7.47. The summed E-state index contributed by atoms with van der Waals surface area (Å²) < 4.78 is 68.2. The van der Waals surface area contributed by atoms with Gasteiger partial charge in [0.25, 0.3) is 0 Å². The molecule has 93 heavy (non-hydrogen) atoms. The molecular weight excluding hydrogens is 1220 g/mol. The van der Waals surface area contributed by atoms with Gasteiger partial charge in [-0.1, -0.05) is 336 Å². The van der Waals surface area contributed by atoms with E-state index in [2.05, 4.69) is 34.6 Å². The molecule has 0 bridgehead atoms. The number of unbranched alkanes of at least 4 members (excludes halogenated alkanes) is 46. The van der Waals surface area contributed by atoms with Crippen molar-refractivity contribution in [2.45, 2.75) is 406 Å². The summed E-state index contributed by atoms with van der Waals surface area (Å²) in [5, 5.41) is 10.6. The lowest BCUT2D eigenvalue weighted by Gasteiger charge is -2.21. The second-order valence-corrected chi connectivity index (χ2v) is 30.1. The van der Waals surface area contributed by atoms with Crippen molar-refractivity contribution in [3.8, 4) is 0 Å². The molecule has 0 aromatic heterocycles. The van der Waals surface area contributed by atoms with Gasteiger partial charge in [0.1, 0.15) is 19.3 Å². The summed E-state index contributed by atoms with van der Waals surface area (Å²) in [5.41, 5.74) is 0. The molecule has 552 valence electrons. The monoisotopic (exact) mass is 1370 g/mol. The fourth-order valence-corrected chi connectivity index (χ4v) is 12.9. The van der Waals surface area contributed by atoms with Crippen molar-refractivity contribution < 1.29 is 80.2 Å². The van der Waals surface area contributed by atoms with Crippen LogP contribution < -0.4 is 0 Å². The first-order valence-corrected chi connectivity index (χ1v) is 41.6. The molecule has 0 amide bonds. The van der Waals surface area contributed by atoms with Crippen LogP contribution in [0.25, 0.3) is 0 Å². The summed E-state index contributed by atoms with van der Waals surface area (Å²) in [6, 6.07) is 0. The molecule has 0 aliphatic heterocycles. The predicted octanol–water partition coefficient (Wildman–Crippen LogP) is 21.7. The molecule has 0 heterocycles. The summed E-state index contributed by atoms with van der Waals surface area (Å²) in [6.07, 6.45) is 56.1. The Morgan fingerprint density at radius 1 is 0.290 bits per heavy atom. The van der Waals surface area contributed by atoms with Gasteiger partial charge in [0.05, 0.1) is 26.4 Å². The number of phosphoric acid groups is 2. The Morgan fingerprint density at radius 3 is 0.731 bits per heavy atom. The van der Waals surface area contributed by atoms with E-state index in [1.54, 1.807) is 0 Å². The van der Waals surface area contributed by atoms with Crippen molar-refractivity contribution in [2.24, 2.45) is 5.92 Å². The molecule has 17 nitrogen and oxygen atoms in total. The van der Waals surface area contributed by atoms with Gasteiger partial charge in [-0.15, -0.1) is 0 Å². The third kappa shape index (κ3) is 68.4. The average molecular weight is 1370 g/mol. The Kier molecular flexibility index (Phi) is 65.9. The number of esters is 4. The number of carbonyl (C=O) groups is 4. The van der Waals surface area contributed by atoms with E-state index in [4.69, 9.17) is 37.0 Å². The molecule has 0 spiro atoms. The number of carbonyl (C=O) groups excluding carboxylic acids is 4. The number of aliphatic hydroxyl groups excluding tert-OH is 1. The zero-order valence-electron chi connectivity index (χ0n) is 60.4. The van der Waals surface area contributed by atoms with Gasteiger partial charge in [0.2, 0.25) is 0 Å². The Labute approximate surface area is 568 Å². The van der Waals surface area contributed by atoms with Gasteiger partial charge in [-0.2, -0.15) is 0 Å². The smallest absolute Gasteiger partial charge is 0.462 e. The van der Waals surface area contributed by atoms with Crippen molar-refractivity contribution in [1.29, 1.82) is 0 Å². The second kappa shape index (κ2) is 67.3. The second-order valence-electron chi connectivity index (χ2n) is 27.2. The molecule has 3 N–H and O–H groups in total. The van der Waals surface area contributed by atoms with Crippen LogP contribution in [0.2, 0.25) is 0 Å². The van der Waals surface area contributed by atoms with Crippen molar-refractivity contribution >= 4 is 39.5 Å². The first kappa shape index (κ1) is 91.1. The third-order valence-corrected chi connectivity index (χ3v) is 19.2. The van der Waals surface area contributed by atoms with E-state index >= 15 is 0 Å². The van der Waals surface area contributed by atoms with Gasteiger partial charge in [-0.05, 0) is 31.6 Å². The molecule has 0 aliphatic carbocycles. The van der Waals surface area contributed by atoms with Crippen molar-refractivity contribution in [3.05, 3.63) is 0 Å². The van der Waals surface area contributed by atoms with Gasteiger partial charge >= 0.3 is 39.5 Å². The quantitative estimate of drug-likeness (QED) is 0.0222. The Morgan fingerprint density at radius 2 is 0.495 bits per heavy atom. The summed E-state index contributed by atoms with van der Waals surface area (Å²) in [6.45, 7) is 7.19. The SMILES string of the molecule is CCCCCCCCCCCCCCCCCCCCCCCCC(=O)O[C@H](COC(=O)CCCCCCCCCCCCCCCC(C)C)COP(=O)(O)OC[C@@H](O)COP(=O)(O)OC[C@@H](COC(=O)CCCCCCC)OC(=O)CCCCCCCCCCCC. The lowest BCUT2D eigenvalue weighted by Crippen LogP contribution is -2.30. The summed E-state index contributed by atoms with van der Waals surface area (Å²) in [5.74, 6) is -1.34. The lowest BCUT2D eigenvalue weighted by atomic mass is 10.0. The topological polar surface area (TPSA) is 237 Å². The molecule has 0 rings (SSSR count). The van der Waals surface area contributed by atoms with Crippen LogP contribution in [0.15, 0.2) is 0 Å². The standard InChI is InChI=1S/C74H144O17P2/c1-6-9-12-15-17-19-21-22-23-24-25-26-27-28-29-30-33-37-41-45-50-55-60-74(79)91-70(64-85-72(77)58-53-48-43-40-36-34-31-32-35-38-42-47-51-56-67(4)5)66-89-93(82,83)87-62-68(75)61-86-92(80,81)88-65-69(63-84-71(76)57-52-46-14-11-8-3)90-73(78)59-54-49-44-39-20-18-16-13-10-7-2/h67-70,75H,6-66H2,1-5H3,(H,80,81)(H,82,83)/t68-,69+,70+/m0/s1. The van der Waals surface area contributed by atoms with E-state index in [9.17, 15) is 43.2 Å². The highest BCUT2D eigenvalue weighted by Crippen LogP contribution is 2.45. The van der Waals surface area contributed by atoms with Gasteiger partial charge in [0, 0.05) is 25.7 Å². The number of hydrogen-bond acceptors (Lipinski definition) is 15. The first-order valence-electron chi connectivity index (χ1n) is 38.6. The van der Waals surface area contributed by atoms with E-state index in [1.807, 2.05) is 0 Å². The molecule has 19 heteroatoms. The first-order chi connectivity index (χ1) is 45.0. The van der Waals surface area contributed by atoms with E-state index in [0.717, 1.165) is 102 Å². The van der Waals surface area contributed by atoms with Gasteiger partial charge in [-0.25, -0.2) is 9.13 Å². The Bertz CT molecular complexity index is 1790. The van der Waals surface area contributed by atoms with Crippen LogP contribution in [0.3, 0.4) is 0 Å². The number of aliphatic hydroxyl groups is 1. The molecule has 0 aromatic rings. The van der Waals surface area contributed by atoms with E-state index in [1.165, 1.54) is 205 Å². The van der Waals surface area contributed by atoms with Gasteiger partial charge < -0.3 is 33.8 Å². The van der Waals surface area contributed by atoms with Crippen LogP contribution in [-0.2, 0) is 65.4 Å². The summed E-state index contributed by atoms with van der Waals surface area (Å²) in [7, 11) is -9.89. The number of phosphoric ester groups is 2. The maximum atomic E-state index is 13.1.